The van der Waals surface area contributed by atoms with E-state index in [4.69, 9.17) is 4.74 Å². The van der Waals surface area contributed by atoms with Gasteiger partial charge in [-0.15, -0.1) is 0 Å². The number of rotatable bonds is 3. The first-order valence-corrected chi connectivity index (χ1v) is 6.51. The summed E-state index contributed by atoms with van der Waals surface area (Å²) < 4.78 is 5.33. The largest absolute Gasteiger partial charge is 0.356 e. The van der Waals surface area contributed by atoms with Crippen molar-refractivity contribution in [2.45, 2.75) is 31.8 Å². The normalized spacial score (nSPS) is 22.2. The molecule has 3 rings (SSSR count). The fraction of sp³-hybridized carbons (Fsp3) is 0.500. The Balaban J connectivity index is 1.77. The van der Waals surface area contributed by atoms with Crippen molar-refractivity contribution >= 4 is 11.6 Å². The Morgan fingerprint density at radius 1 is 1.37 bits per heavy atom. The highest BCUT2D eigenvalue weighted by molar-refractivity contribution is 6.07. The Kier molecular flexibility index (Phi) is 2.85. The van der Waals surface area contributed by atoms with E-state index in [1.807, 2.05) is 38.1 Å². The molecule has 2 N–H and O–H groups in total. The average molecular weight is 262 g/mol. The second-order valence-electron chi connectivity index (χ2n) is 5.50. The first-order chi connectivity index (χ1) is 9.03. The van der Waals surface area contributed by atoms with E-state index in [1.54, 1.807) is 4.90 Å². The van der Waals surface area contributed by atoms with Crippen LogP contribution < -0.4 is 5.32 Å². The minimum atomic E-state index is -0.939. The molecule has 1 unspecified atom stereocenters. The third kappa shape index (κ3) is 1.85. The van der Waals surface area contributed by atoms with Crippen molar-refractivity contribution in [3.05, 3.63) is 29.8 Å². The van der Waals surface area contributed by atoms with E-state index in [2.05, 4.69) is 5.32 Å². The number of aliphatic hydroxyl groups is 1. The van der Waals surface area contributed by atoms with E-state index in [-0.39, 0.29) is 12.0 Å². The van der Waals surface area contributed by atoms with Crippen molar-refractivity contribution in [2.24, 2.45) is 0 Å². The van der Waals surface area contributed by atoms with Crippen LogP contribution in [0, 0.1) is 0 Å². The van der Waals surface area contributed by atoms with Crippen LogP contribution in [0.15, 0.2) is 24.3 Å². The molecule has 0 saturated carbocycles. The number of carbonyl (C=O) groups is 1. The molecular weight excluding hydrogens is 244 g/mol. The van der Waals surface area contributed by atoms with Crippen molar-refractivity contribution in [3.8, 4) is 0 Å². The Morgan fingerprint density at radius 3 is 2.74 bits per heavy atom. The lowest BCUT2D eigenvalue weighted by molar-refractivity contribution is -0.239. The van der Waals surface area contributed by atoms with Gasteiger partial charge in [-0.2, -0.15) is 0 Å². The molecule has 5 nitrogen and oxygen atoms in total. The number of nitrogens with zero attached hydrogens (tertiary/aromatic N) is 1. The first kappa shape index (κ1) is 12.6. The Hall–Kier alpha value is -1.43. The molecule has 1 saturated heterocycles. The molecule has 1 spiro atoms. The zero-order chi connectivity index (χ0) is 13.6. The highest BCUT2D eigenvalue weighted by Gasteiger charge is 2.56. The zero-order valence-corrected chi connectivity index (χ0v) is 11.1. The Bertz CT molecular complexity index is 509. The van der Waals surface area contributed by atoms with Crippen molar-refractivity contribution in [1.82, 2.24) is 4.90 Å². The van der Waals surface area contributed by atoms with E-state index in [0.717, 1.165) is 11.3 Å². The summed E-state index contributed by atoms with van der Waals surface area (Å²) >= 11 is 0. The number of aliphatic hydroxyl groups excluding tert-OH is 1. The number of amides is 1. The predicted molar refractivity (Wildman–Crippen MR) is 70.6 cm³/mol. The maximum absolute atomic E-state index is 12.2. The van der Waals surface area contributed by atoms with Gasteiger partial charge in [-0.3, -0.25) is 9.69 Å². The molecule has 5 heteroatoms. The van der Waals surface area contributed by atoms with Crippen LogP contribution in [-0.2, 0) is 14.9 Å². The Labute approximate surface area is 112 Å². The maximum Gasteiger partial charge on any atom is 0.237 e. The highest BCUT2D eigenvalue weighted by Crippen LogP contribution is 2.44. The van der Waals surface area contributed by atoms with Gasteiger partial charge in [0.15, 0.2) is 0 Å². The Morgan fingerprint density at radius 2 is 2.05 bits per heavy atom. The highest BCUT2D eigenvalue weighted by atomic mass is 16.6. The number of anilines is 1. The fourth-order valence-electron chi connectivity index (χ4n) is 2.82. The molecule has 1 amide bonds. The third-order valence-corrected chi connectivity index (χ3v) is 3.78. The van der Waals surface area contributed by atoms with Gasteiger partial charge in [0, 0.05) is 18.8 Å². The lowest BCUT2D eigenvalue weighted by atomic mass is 9.75. The van der Waals surface area contributed by atoms with Gasteiger partial charge in [0.2, 0.25) is 12.3 Å². The van der Waals surface area contributed by atoms with Gasteiger partial charge in [-0.1, -0.05) is 18.2 Å². The lowest BCUT2D eigenvalue weighted by Crippen LogP contribution is -2.66. The van der Waals surface area contributed by atoms with Gasteiger partial charge in [0.05, 0.1) is 6.10 Å². The van der Waals surface area contributed by atoms with E-state index < -0.39 is 11.8 Å². The van der Waals surface area contributed by atoms with Crippen LogP contribution in [0.2, 0.25) is 0 Å². The second-order valence-corrected chi connectivity index (χ2v) is 5.50. The summed E-state index contributed by atoms with van der Waals surface area (Å²) in [5.74, 6) is 0.0155. The lowest BCUT2D eigenvalue weighted by Gasteiger charge is -2.48. The van der Waals surface area contributed by atoms with Gasteiger partial charge < -0.3 is 15.2 Å². The molecule has 2 aliphatic heterocycles. The SMILES string of the molecule is CC(C)OC(O)N1CC2(C1)C(=O)Nc1ccccc12. The number of para-hydroxylation sites is 1. The second kappa shape index (κ2) is 4.30. The van der Waals surface area contributed by atoms with E-state index in [1.165, 1.54) is 0 Å². The van der Waals surface area contributed by atoms with Crippen LogP contribution in [0.1, 0.15) is 19.4 Å². The maximum atomic E-state index is 12.2. The molecule has 2 heterocycles. The zero-order valence-electron chi connectivity index (χ0n) is 11.1. The van der Waals surface area contributed by atoms with Crippen LogP contribution in [0.4, 0.5) is 5.69 Å². The van der Waals surface area contributed by atoms with E-state index in [0.29, 0.717) is 13.1 Å². The number of fused-ring (bicyclic) bond motifs is 2. The van der Waals surface area contributed by atoms with E-state index in [9.17, 15) is 9.90 Å². The molecule has 1 fully saturated rings. The average Bonchev–Trinajstić information content (AvgIpc) is 2.57. The summed E-state index contributed by atoms with van der Waals surface area (Å²) in [6.07, 6.45) is -0.984. The smallest absolute Gasteiger partial charge is 0.237 e. The summed E-state index contributed by atoms with van der Waals surface area (Å²) in [5, 5.41) is 12.8. The molecule has 19 heavy (non-hydrogen) atoms. The summed E-state index contributed by atoms with van der Waals surface area (Å²) in [4.78, 5) is 13.9. The van der Waals surface area contributed by atoms with Crippen molar-refractivity contribution in [2.75, 3.05) is 18.4 Å². The molecule has 1 aromatic rings. The molecule has 102 valence electrons. The molecule has 0 bridgehead atoms. The summed E-state index contributed by atoms with van der Waals surface area (Å²) in [6.45, 7) is 4.72. The summed E-state index contributed by atoms with van der Waals surface area (Å²) in [7, 11) is 0. The van der Waals surface area contributed by atoms with Crippen LogP contribution in [0.25, 0.3) is 0 Å². The molecular formula is C14H18N2O3. The minimum Gasteiger partial charge on any atom is -0.356 e. The molecule has 2 aliphatic rings. The number of carbonyl (C=O) groups excluding carboxylic acids is 1. The van der Waals surface area contributed by atoms with Gasteiger partial charge in [-0.05, 0) is 25.5 Å². The molecule has 0 aromatic heterocycles. The van der Waals surface area contributed by atoms with Crippen LogP contribution in [0.5, 0.6) is 0 Å². The third-order valence-electron chi connectivity index (χ3n) is 3.78. The first-order valence-electron chi connectivity index (χ1n) is 6.51. The predicted octanol–water partition coefficient (Wildman–Crippen LogP) is 0.893. The molecule has 0 radical (unpaired) electrons. The number of hydrogen-bond donors (Lipinski definition) is 2. The van der Waals surface area contributed by atoms with Crippen molar-refractivity contribution in [1.29, 1.82) is 0 Å². The van der Waals surface area contributed by atoms with E-state index >= 15 is 0 Å². The monoisotopic (exact) mass is 262 g/mol. The molecule has 1 atom stereocenters. The van der Waals surface area contributed by atoms with Crippen LogP contribution >= 0.6 is 0 Å². The fourth-order valence-corrected chi connectivity index (χ4v) is 2.82. The van der Waals surface area contributed by atoms with Crippen molar-refractivity contribution < 1.29 is 14.6 Å². The number of likely N-dealkylation sites (tertiary alicyclic amines) is 1. The topological polar surface area (TPSA) is 61.8 Å². The number of benzene rings is 1. The summed E-state index contributed by atoms with van der Waals surface area (Å²) in [5.41, 5.74) is 1.39. The van der Waals surface area contributed by atoms with Gasteiger partial charge in [0.25, 0.3) is 0 Å². The van der Waals surface area contributed by atoms with Gasteiger partial charge in [0.1, 0.15) is 5.41 Å². The number of hydrogen-bond acceptors (Lipinski definition) is 4. The van der Waals surface area contributed by atoms with Crippen LogP contribution in [0.3, 0.4) is 0 Å². The van der Waals surface area contributed by atoms with Gasteiger partial charge in [-0.25, -0.2) is 0 Å². The molecule has 1 aromatic carbocycles. The minimum absolute atomic E-state index is 0.0155. The number of ether oxygens (including phenoxy) is 1. The quantitative estimate of drug-likeness (QED) is 0.794. The van der Waals surface area contributed by atoms with Crippen molar-refractivity contribution in [3.63, 3.8) is 0 Å². The molecule has 0 aliphatic carbocycles. The number of nitrogens with one attached hydrogen (secondary N) is 1. The standard InChI is InChI=1S/C14H18N2O3/c1-9(2)19-13(18)16-7-14(8-16)10-5-3-4-6-11(10)15-12(14)17/h3-6,9,13,18H,7-8H2,1-2H3,(H,15,17). The van der Waals surface area contributed by atoms with Gasteiger partial charge >= 0.3 is 0 Å². The summed E-state index contributed by atoms with van der Waals surface area (Å²) in [6, 6.07) is 7.72. The van der Waals surface area contributed by atoms with Crippen LogP contribution in [-0.4, -0.2) is 41.5 Å².